The summed E-state index contributed by atoms with van der Waals surface area (Å²) in [5, 5.41) is 10.7. The highest BCUT2D eigenvalue weighted by molar-refractivity contribution is 5.99. The van der Waals surface area contributed by atoms with E-state index in [0.29, 0.717) is 5.39 Å². The van der Waals surface area contributed by atoms with Gasteiger partial charge in [-0.1, -0.05) is 54.6 Å². The normalized spacial score (nSPS) is 11.4. The molecule has 0 fully saturated rings. The summed E-state index contributed by atoms with van der Waals surface area (Å²) in [5.41, 5.74) is 2.81. The van der Waals surface area contributed by atoms with Crippen LogP contribution in [-0.2, 0) is 7.05 Å². The summed E-state index contributed by atoms with van der Waals surface area (Å²) >= 11 is 0. The zero-order chi connectivity index (χ0) is 15.5. The third kappa shape index (κ3) is 2.36. The van der Waals surface area contributed by atoms with Gasteiger partial charge in [0.15, 0.2) is 0 Å². The van der Waals surface area contributed by atoms with E-state index in [1.54, 1.807) is 23.8 Å². The van der Waals surface area contributed by atoms with Crippen molar-refractivity contribution in [3.8, 4) is 11.1 Å². The lowest BCUT2D eigenvalue weighted by atomic mass is 9.96. The number of nitrogens with zero attached hydrogens (tertiary/aromatic N) is 1. The van der Waals surface area contributed by atoms with Gasteiger partial charge in [0, 0.05) is 18.0 Å². The molecular formula is C19H17NO2. The minimum Gasteiger partial charge on any atom is -0.392 e. The van der Waals surface area contributed by atoms with Crippen molar-refractivity contribution in [2.75, 3.05) is 6.61 Å². The third-order valence-corrected chi connectivity index (χ3v) is 3.79. The van der Waals surface area contributed by atoms with E-state index >= 15 is 0 Å². The molecule has 110 valence electrons. The maximum absolute atomic E-state index is 12.6. The van der Waals surface area contributed by atoms with Crippen LogP contribution in [0.2, 0.25) is 0 Å². The summed E-state index contributed by atoms with van der Waals surface area (Å²) in [6, 6.07) is 17.6. The minimum absolute atomic E-state index is 0.0344. The number of rotatable bonds is 3. The van der Waals surface area contributed by atoms with E-state index < -0.39 is 0 Å². The van der Waals surface area contributed by atoms with E-state index in [0.717, 1.165) is 22.2 Å². The van der Waals surface area contributed by atoms with Gasteiger partial charge in [0.05, 0.1) is 12.3 Å². The molecule has 0 saturated carbocycles. The van der Waals surface area contributed by atoms with Gasteiger partial charge in [-0.15, -0.1) is 0 Å². The summed E-state index contributed by atoms with van der Waals surface area (Å²) in [6.07, 6.45) is 3.45. The lowest BCUT2D eigenvalue weighted by Gasteiger charge is -2.15. The number of aliphatic hydroxyl groups excluding tert-OH is 1. The van der Waals surface area contributed by atoms with Gasteiger partial charge in [-0.05, 0) is 23.1 Å². The molecule has 22 heavy (non-hydrogen) atoms. The second-order valence-electron chi connectivity index (χ2n) is 5.12. The maximum Gasteiger partial charge on any atom is 0.258 e. The topological polar surface area (TPSA) is 42.2 Å². The molecule has 0 aliphatic carbocycles. The van der Waals surface area contributed by atoms with Crippen molar-refractivity contribution in [2.45, 2.75) is 0 Å². The quantitative estimate of drug-likeness (QED) is 0.805. The highest BCUT2D eigenvalue weighted by Gasteiger charge is 2.13. The lowest BCUT2D eigenvalue weighted by Crippen LogP contribution is -2.20. The van der Waals surface area contributed by atoms with Crippen molar-refractivity contribution in [3.05, 3.63) is 76.7 Å². The molecule has 0 aliphatic heterocycles. The summed E-state index contributed by atoms with van der Waals surface area (Å²) in [6.45, 7) is -0.0603. The molecule has 1 N–H and O–H groups in total. The Kier molecular flexibility index (Phi) is 3.90. The Morgan fingerprint density at radius 3 is 2.32 bits per heavy atom. The third-order valence-electron chi connectivity index (χ3n) is 3.79. The highest BCUT2D eigenvalue weighted by Crippen LogP contribution is 2.30. The van der Waals surface area contributed by atoms with Crippen molar-refractivity contribution < 1.29 is 5.11 Å². The Bertz CT molecular complexity index is 892. The number of hydrogen-bond acceptors (Lipinski definition) is 2. The van der Waals surface area contributed by atoms with Gasteiger partial charge in [0.1, 0.15) is 0 Å². The van der Waals surface area contributed by atoms with Crippen molar-refractivity contribution >= 4 is 16.8 Å². The molecule has 2 aromatic carbocycles. The van der Waals surface area contributed by atoms with Gasteiger partial charge in [-0.3, -0.25) is 4.79 Å². The van der Waals surface area contributed by atoms with Crippen molar-refractivity contribution in [1.82, 2.24) is 4.57 Å². The second-order valence-corrected chi connectivity index (χ2v) is 5.12. The first-order chi connectivity index (χ1) is 10.7. The van der Waals surface area contributed by atoms with Crippen LogP contribution >= 0.6 is 0 Å². The molecule has 1 heterocycles. The van der Waals surface area contributed by atoms with E-state index in [1.165, 1.54) is 0 Å². The second kappa shape index (κ2) is 6.00. The van der Waals surface area contributed by atoms with Crippen LogP contribution in [0.25, 0.3) is 28.0 Å². The molecule has 3 rings (SSSR count). The highest BCUT2D eigenvalue weighted by atomic mass is 16.2. The van der Waals surface area contributed by atoms with Crippen LogP contribution in [0.1, 0.15) is 5.69 Å². The lowest BCUT2D eigenvalue weighted by molar-refractivity contribution is 0.343. The zero-order valence-electron chi connectivity index (χ0n) is 12.4. The van der Waals surface area contributed by atoms with Gasteiger partial charge < -0.3 is 9.67 Å². The molecule has 0 unspecified atom stereocenters. The Hall–Kier alpha value is -2.65. The summed E-state index contributed by atoms with van der Waals surface area (Å²) in [7, 11) is 1.76. The fourth-order valence-corrected chi connectivity index (χ4v) is 2.75. The van der Waals surface area contributed by atoms with Crippen LogP contribution in [0.3, 0.4) is 0 Å². The van der Waals surface area contributed by atoms with Gasteiger partial charge in [0.2, 0.25) is 0 Å². The van der Waals surface area contributed by atoms with E-state index in [-0.39, 0.29) is 12.2 Å². The van der Waals surface area contributed by atoms with Crippen LogP contribution in [0.4, 0.5) is 0 Å². The number of hydrogen-bond donors (Lipinski definition) is 1. The largest absolute Gasteiger partial charge is 0.392 e. The molecule has 0 spiro atoms. The molecule has 0 bridgehead atoms. The van der Waals surface area contributed by atoms with Gasteiger partial charge in [-0.25, -0.2) is 0 Å². The standard InChI is InChI=1S/C19H17NO2/c1-20-17(12-7-13-21)18(14-8-3-2-4-9-14)15-10-5-6-11-16(15)19(20)22/h2-12,21H,13H2,1H3. The number of aliphatic hydroxyl groups is 1. The SMILES string of the molecule is Cn1c(C=CCO)c(-c2ccccc2)c2ccccc2c1=O. The monoisotopic (exact) mass is 291 g/mol. The smallest absolute Gasteiger partial charge is 0.258 e. The van der Waals surface area contributed by atoms with E-state index in [9.17, 15) is 4.79 Å². The van der Waals surface area contributed by atoms with Gasteiger partial charge >= 0.3 is 0 Å². The summed E-state index contributed by atoms with van der Waals surface area (Å²) in [4.78, 5) is 12.6. The molecule has 0 aliphatic rings. The summed E-state index contributed by atoms with van der Waals surface area (Å²) in [5.74, 6) is 0. The Morgan fingerprint density at radius 1 is 1.00 bits per heavy atom. The fourth-order valence-electron chi connectivity index (χ4n) is 2.75. The molecule has 1 aromatic heterocycles. The van der Waals surface area contributed by atoms with Crippen LogP contribution in [-0.4, -0.2) is 16.3 Å². The maximum atomic E-state index is 12.6. The molecule has 0 saturated heterocycles. The molecule has 3 heteroatoms. The average Bonchev–Trinajstić information content (AvgIpc) is 2.57. The first-order valence-corrected chi connectivity index (χ1v) is 7.18. The number of aromatic nitrogens is 1. The molecule has 0 amide bonds. The number of benzene rings is 2. The molecular weight excluding hydrogens is 274 g/mol. The van der Waals surface area contributed by atoms with Crippen LogP contribution < -0.4 is 5.56 Å². The predicted molar refractivity (Wildman–Crippen MR) is 90.7 cm³/mol. The minimum atomic E-state index is -0.0603. The van der Waals surface area contributed by atoms with Crippen molar-refractivity contribution in [3.63, 3.8) is 0 Å². The average molecular weight is 291 g/mol. The van der Waals surface area contributed by atoms with Gasteiger partial charge in [-0.2, -0.15) is 0 Å². The van der Waals surface area contributed by atoms with Crippen LogP contribution in [0.5, 0.6) is 0 Å². The van der Waals surface area contributed by atoms with Crippen molar-refractivity contribution in [1.29, 1.82) is 0 Å². The molecule has 3 nitrogen and oxygen atoms in total. The molecule has 3 aromatic rings. The van der Waals surface area contributed by atoms with Crippen LogP contribution in [0, 0.1) is 0 Å². The van der Waals surface area contributed by atoms with E-state index in [2.05, 4.69) is 0 Å². The Labute approximate surface area is 128 Å². The Morgan fingerprint density at radius 2 is 1.64 bits per heavy atom. The number of pyridine rings is 1. The van der Waals surface area contributed by atoms with Crippen molar-refractivity contribution in [2.24, 2.45) is 7.05 Å². The molecule has 0 radical (unpaired) electrons. The van der Waals surface area contributed by atoms with E-state index in [4.69, 9.17) is 5.11 Å². The van der Waals surface area contributed by atoms with Crippen LogP contribution in [0.15, 0.2) is 65.5 Å². The first kappa shape index (κ1) is 14.3. The van der Waals surface area contributed by atoms with Gasteiger partial charge in [0.25, 0.3) is 5.56 Å². The first-order valence-electron chi connectivity index (χ1n) is 7.18. The molecule has 0 atom stereocenters. The summed E-state index contributed by atoms with van der Waals surface area (Å²) < 4.78 is 1.64. The number of fused-ring (bicyclic) bond motifs is 1. The zero-order valence-corrected chi connectivity index (χ0v) is 12.4. The Balaban J connectivity index is 2.48. The van der Waals surface area contributed by atoms with E-state index in [1.807, 2.05) is 54.6 Å². The predicted octanol–water partition coefficient (Wildman–Crippen LogP) is 3.21. The fraction of sp³-hybridized carbons (Fsp3) is 0.105.